The second kappa shape index (κ2) is 6.43. The number of rotatable bonds is 5. The number of anilines is 1. The molecule has 2 aromatic rings. The predicted molar refractivity (Wildman–Crippen MR) is 77.2 cm³/mol. The summed E-state index contributed by atoms with van der Waals surface area (Å²) in [5, 5.41) is 0. The molecular weight excluding hydrogens is 351 g/mol. The molecule has 0 unspecified atom stereocenters. The molecule has 128 valence electrons. The highest BCUT2D eigenvalue weighted by atomic mass is 32.2. The van der Waals surface area contributed by atoms with Gasteiger partial charge >= 0.3 is 21.5 Å². The zero-order valence-electron chi connectivity index (χ0n) is 12.0. The van der Waals surface area contributed by atoms with Gasteiger partial charge in [-0.05, 0) is 31.2 Å². The summed E-state index contributed by atoms with van der Waals surface area (Å²) < 4.78 is 66.3. The molecule has 1 heterocycles. The van der Waals surface area contributed by atoms with E-state index in [4.69, 9.17) is 4.74 Å². The number of hydrogen-bond acceptors (Lipinski definition) is 6. The molecule has 0 aliphatic carbocycles. The number of nitrogens with zero attached hydrogens (tertiary/aromatic N) is 2. The normalized spacial score (nSPS) is 11.8. The van der Waals surface area contributed by atoms with E-state index in [-0.39, 0.29) is 17.3 Å². The highest BCUT2D eigenvalue weighted by Crippen LogP contribution is 2.30. The molecule has 0 bridgehead atoms. The molecule has 0 atom stereocenters. The van der Waals surface area contributed by atoms with Crippen molar-refractivity contribution >= 4 is 21.5 Å². The number of hydrogen-bond donors (Lipinski definition) is 1. The summed E-state index contributed by atoms with van der Waals surface area (Å²) in [7, 11) is -5.65. The molecule has 1 N–H and O–H groups in total. The van der Waals surface area contributed by atoms with E-state index >= 15 is 0 Å². The largest absolute Gasteiger partial charge is 0.516 e. The Morgan fingerprint density at radius 2 is 1.83 bits per heavy atom. The van der Waals surface area contributed by atoms with Crippen LogP contribution in [0.5, 0.6) is 11.8 Å². The van der Waals surface area contributed by atoms with Crippen molar-refractivity contribution < 1.29 is 31.1 Å². The first-order valence-corrected chi connectivity index (χ1v) is 7.77. The van der Waals surface area contributed by atoms with Crippen LogP contribution in [0, 0.1) is 0 Å². The monoisotopic (exact) mass is 361 g/mol. The molecule has 0 saturated heterocycles. The Hall–Kier alpha value is -2.69. The van der Waals surface area contributed by atoms with Gasteiger partial charge < -0.3 is 4.74 Å². The molecule has 2 rings (SSSR count). The second-order valence-electron chi connectivity index (χ2n) is 4.45. The lowest BCUT2D eigenvalue weighted by Gasteiger charge is -2.14. The quantitative estimate of drug-likeness (QED) is 0.823. The van der Waals surface area contributed by atoms with Crippen LogP contribution in [0.3, 0.4) is 0 Å². The molecule has 1 aromatic heterocycles. The Morgan fingerprint density at radius 1 is 1.21 bits per heavy atom. The van der Waals surface area contributed by atoms with E-state index in [0.29, 0.717) is 0 Å². The third-order valence-corrected chi connectivity index (χ3v) is 3.77. The van der Waals surface area contributed by atoms with Crippen molar-refractivity contribution in [2.45, 2.75) is 12.4 Å². The average molecular weight is 361 g/mol. The zero-order chi connectivity index (χ0) is 18.0. The topological polar surface area (TPSA) is 98.2 Å². The van der Waals surface area contributed by atoms with Crippen LogP contribution in [0.2, 0.25) is 0 Å². The van der Waals surface area contributed by atoms with Gasteiger partial charge in [0.2, 0.25) is 0 Å². The van der Waals surface area contributed by atoms with Crippen molar-refractivity contribution in [2.24, 2.45) is 0 Å². The summed E-state index contributed by atoms with van der Waals surface area (Å²) in [5.74, 6) is -0.601. The van der Waals surface area contributed by atoms with E-state index in [1.54, 1.807) is 6.07 Å². The molecule has 0 saturated carbocycles. The van der Waals surface area contributed by atoms with E-state index in [1.165, 1.54) is 23.2 Å². The fraction of sp³-hybridized carbons (Fsp3) is 0.154. The van der Waals surface area contributed by atoms with Crippen LogP contribution >= 0.6 is 0 Å². The van der Waals surface area contributed by atoms with Crippen molar-refractivity contribution in [1.29, 1.82) is 0 Å². The fourth-order valence-electron chi connectivity index (χ4n) is 1.61. The third kappa shape index (κ3) is 3.98. The molecule has 0 fully saturated rings. The number of carbonyl (C=O) groups excluding carboxylic acids is 1. The van der Waals surface area contributed by atoms with Gasteiger partial charge in [-0.3, -0.25) is 9.52 Å². The van der Waals surface area contributed by atoms with Crippen molar-refractivity contribution in [1.82, 2.24) is 9.97 Å². The molecule has 1 aromatic carbocycles. The number of nitrogens with one attached hydrogen (secondary N) is 1. The van der Waals surface area contributed by atoms with Crippen molar-refractivity contribution in [3.05, 3.63) is 42.2 Å². The summed E-state index contributed by atoms with van der Waals surface area (Å²) in [6.07, 6.45) is 2.81. The van der Waals surface area contributed by atoms with Crippen LogP contribution in [-0.2, 0) is 10.0 Å². The molecular formula is C13H10F3N3O4S. The number of Topliss-reactive ketones (excluding diaryl/α,β-unsaturated/α-hetero) is 1. The molecule has 11 heteroatoms. The Balaban J connectivity index is 2.36. The first kappa shape index (κ1) is 17.7. The lowest BCUT2D eigenvalue weighted by Crippen LogP contribution is -2.30. The van der Waals surface area contributed by atoms with Gasteiger partial charge in [-0.15, -0.1) is 0 Å². The molecule has 0 aliphatic heterocycles. The second-order valence-corrected chi connectivity index (χ2v) is 6.12. The highest BCUT2D eigenvalue weighted by Gasteiger charge is 2.46. The van der Waals surface area contributed by atoms with Gasteiger partial charge in [-0.2, -0.15) is 21.6 Å². The van der Waals surface area contributed by atoms with Gasteiger partial charge in [0.25, 0.3) is 0 Å². The summed E-state index contributed by atoms with van der Waals surface area (Å²) in [4.78, 5) is 19.2. The minimum absolute atomic E-state index is 0.0457. The fourth-order valence-corrected chi connectivity index (χ4v) is 2.20. The van der Waals surface area contributed by atoms with Crippen molar-refractivity contribution in [2.75, 3.05) is 4.72 Å². The maximum Gasteiger partial charge on any atom is 0.516 e. The Kier molecular flexibility index (Phi) is 4.73. The first-order valence-electron chi connectivity index (χ1n) is 6.29. The van der Waals surface area contributed by atoms with Gasteiger partial charge in [-0.25, -0.2) is 9.97 Å². The smallest absolute Gasteiger partial charge is 0.424 e. The van der Waals surface area contributed by atoms with Gasteiger partial charge in [-0.1, -0.05) is 0 Å². The Morgan fingerprint density at radius 3 is 2.38 bits per heavy atom. The minimum atomic E-state index is -5.65. The van der Waals surface area contributed by atoms with E-state index in [9.17, 15) is 26.4 Å². The third-order valence-electron chi connectivity index (χ3n) is 2.67. The molecule has 0 radical (unpaired) electrons. The highest BCUT2D eigenvalue weighted by molar-refractivity contribution is 7.93. The minimum Gasteiger partial charge on any atom is -0.424 e. The van der Waals surface area contributed by atoms with E-state index in [0.717, 1.165) is 19.1 Å². The number of benzene rings is 1. The number of halogens is 3. The number of carbonyl (C=O) groups is 1. The van der Waals surface area contributed by atoms with Crippen molar-refractivity contribution in [3.8, 4) is 11.8 Å². The molecule has 0 aliphatic rings. The molecule has 0 spiro atoms. The molecule has 24 heavy (non-hydrogen) atoms. The van der Waals surface area contributed by atoms with Gasteiger partial charge in [0.05, 0.1) is 5.69 Å². The summed E-state index contributed by atoms with van der Waals surface area (Å²) in [6, 6.07) is 4.75. The van der Waals surface area contributed by atoms with E-state index in [1.807, 2.05) is 0 Å². The van der Waals surface area contributed by atoms with Gasteiger partial charge in [0.15, 0.2) is 5.78 Å². The zero-order valence-corrected chi connectivity index (χ0v) is 12.9. The van der Waals surface area contributed by atoms with Gasteiger partial charge in [0, 0.05) is 18.0 Å². The Bertz CT molecular complexity index is 855. The number of aromatic nitrogens is 2. The maximum atomic E-state index is 12.4. The molecule has 7 nitrogen and oxygen atoms in total. The van der Waals surface area contributed by atoms with Crippen LogP contribution < -0.4 is 9.46 Å². The maximum absolute atomic E-state index is 12.4. The van der Waals surface area contributed by atoms with Crippen molar-refractivity contribution in [3.63, 3.8) is 0 Å². The van der Waals surface area contributed by atoms with E-state index < -0.39 is 27.0 Å². The average Bonchev–Trinajstić information content (AvgIpc) is 2.48. The lowest BCUT2D eigenvalue weighted by atomic mass is 10.1. The number of alkyl halides is 3. The summed E-state index contributed by atoms with van der Waals surface area (Å²) >= 11 is 0. The van der Waals surface area contributed by atoms with Crippen LogP contribution in [-0.4, -0.2) is 29.7 Å². The summed E-state index contributed by atoms with van der Waals surface area (Å²) in [6.45, 7) is 1.07. The Labute approximate surface area is 134 Å². The predicted octanol–water partition coefficient (Wildman–Crippen LogP) is 2.73. The SMILES string of the molecule is CC(=O)c1cc(Oc2ncccn2)ccc1NS(=O)(=O)C(F)(F)F. The van der Waals surface area contributed by atoms with E-state index in [2.05, 4.69) is 9.97 Å². The number of ether oxygens (including phenoxy) is 1. The summed E-state index contributed by atoms with van der Waals surface area (Å²) in [5.41, 5.74) is -6.31. The molecule has 0 amide bonds. The van der Waals surface area contributed by atoms with Crippen LogP contribution in [0.25, 0.3) is 0 Å². The van der Waals surface area contributed by atoms with Gasteiger partial charge in [0.1, 0.15) is 5.75 Å². The van der Waals surface area contributed by atoms with Crippen LogP contribution in [0.1, 0.15) is 17.3 Å². The van der Waals surface area contributed by atoms with Crippen LogP contribution in [0.4, 0.5) is 18.9 Å². The van der Waals surface area contributed by atoms with Crippen LogP contribution in [0.15, 0.2) is 36.7 Å². The standard InChI is InChI=1S/C13H10F3N3O4S/c1-8(20)10-7-9(23-12-17-5-2-6-18-12)3-4-11(10)19-24(21,22)13(14,15)16/h2-7,19H,1H3. The number of sulfonamides is 1. The lowest BCUT2D eigenvalue weighted by molar-refractivity contribution is -0.0429. The number of ketones is 1. The first-order chi connectivity index (χ1) is 11.1.